The van der Waals surface area contributed by atoms with Crippen LogP contribution in [-0.4, -0.2) is 38.0 Å². The first kappa shape index (κ1) is 20.3. The van der Waals surface area contributed by atoms with Gasteiger partial charge in [-0.2, -0.15) is 0 Å². The first-order valence-corrected chi connectivity index (χ1v) is 10.9. The molecule has 0 aliphatic heterocycles. The summed E-state index contributed by atoms with van der Waals surface area (Å²) < 4.78 is 7.74. The largest absolute Gasteiger partial charge is 0.493 e. The van der Waals surface area contributed by atoms with E-state index in [9.17, 15) is 4.79 Å². The Morgan fingerprint density at radius 2 is 2.07 bits per heavy atom. The molecule has 0 fully saturated rings. The average molecular weight is 418 g/mol. The van der Waals surface area contributed by atoms with Gasteiger partial charge in [0, 0.05) is 23.7 Å². The van der Waals surface area contributed by atoms with E-state index in [0.717, 1.165) is 17.1 Å². The van der Waals surface area contributed by atoms with Gasteiger partial charge >= 0.3 is 0 Å². The Morgan fingerprint density at radius 3 is 2.71 bits per heavy atom. The number of nitrogens with one attached hydrogen (secondary N) is 1. The molecule has 0 atom stereocenters. The molecule has 0 saturated heterocycles. The molecule has 148 valence electrons. The second kappa shape index (κ2) is 9.70. The molecule has 0 aliphatic carbocycles. The van der Waals surface area contributed by atoms with Crippen LogP contribution in [0.15, 0.2) is 41.0 Å². The van der Waals surface area contributed by atoms with Crippen molar-refractivity contribution < 1.29 is 9.53 Å². The molecule has 0 spiro atoms. The van der Waals surface area contributed by atoms with E-state index < -0.39 is 0 Å². The molecule has 0 bridgehead atoms. The van der Waals surface area contributed by atoms with E-state index in [1.807, 2.05) is 41.1 Å². The number of thiazole rings is 1. The van der Waals surface area contributed by atoms with Gasteiger partial charge in [-0.15, -0.1) is 21.5 Å². The molecular formula is C19H23N5O2S2. The van der Waals surface area contributed by atoms with Gasteiger partial charge in [0.2, 0.25) is 5.91 Å². The minimum absolute atomic E-state index is 0.112. The molecule has 0 unspecified atom stereocenters. The van der Waals surface area contributed by atoms with Crippen molar-refractivity contribution >= 4 is 34.1 Å². The Balaban J connectivity index is 1.65. The second-order valence-electron chi connectivity index (χ2n) is 6.45. The predicted octanol–water partition coefficient (Wildman–Crippen LogP) is 4.19. The highest BCUT2D eigenvalue weighted by Crippen LogP contribution is 2.26. The molecule has 0 saturated carbocycles. The highest BCUT2D eigenvalue weighted by atomic mass is 32.2. The van der Waals surface area contributed by atoms with Crippen molar-refractivity contribution in [2.75, 3.05) is 17.7 Å². The summed E-state index contributed by atoms with van der Waals surface area (Å²) in [5.41, 5.74) is 0.963. The Bertz CT molecular complexity index is 892. The van der Waals surface area contributed by atoms with E-state index in [1.54, 1.807) is 6.20 Å². The Labute approximate surface area is 172 Å². The molecule has 1 amide bonds. The fraction of sp³-hybridized carbons (Fsp3) is 0.368. The number of carbonyl (C=O) groups is 1. The summed E-state index contributed by atoms with van der Waals surface area (Å²) in [6.45, 7) is 7.67. The lowest BCUT2D eigenvalue weighted by molar-refractivity contribution is -0.113. The monoisotopic (exact) mass is 417 g/mol. The zero-order valence-corrected chi connectivity index (χ0v) is 17.7. The summed E-state index contributed by atoms with van der Waals surface area (Å²) in [5.74, 6) is 2.24. The van der Waals surface area contributed by atoms with Crippen molar-refractivity contribution in [1.82, 2.24) is 19.7 Å². The van der Waals surface area contributed by atoms with Crippen LogP contribution in [0.3, 0.4) is 0 Å². The summed E-state index contributed by atoms with van der Waals surface area (Å²) in [5, 5.41) is 14.5. The van der Waals surface area contributed by atoms with Gasteiger partial charge < -0.3 is 14.6 Å². The van der Waals surface area contributed by atoms with Crippen LogP contribution in [0.2, 0.25) is 0 Å². The first-order chi connectivity index (χ1) is 13.6. The highest BCUT2D eigenvalue weighted by Gasteiger charge is 2.15. The van der Waals surface area contributed by atoms with Crippen molar-refractivity contribution in [1.29, 1.82) is 0 Å². The highest BCUT2D eigenvalue weighted by molar-refractivity contribution is 7.99. The predicted molar refractivity (Wildman–Crippen MR) is 113 cm³/mol. The van der Waals surface area contributed by atoms with Crippen LogP contribution in [0, 0.1) is 5.92 Å². The van der Waals surface area contributed by atoms with E-state index in [4.69, 9.17) is 4.74 Å². The lowest BCUT2D eigenvalue weighted by Crippen LogP contribution is -2.14. The molecule has 28 heavy (non-hydrogen) atoms. The van der Waals surface area contributed by atoms with Crippen molar-refractivity contribution in [2.45, 2.75) is 32.5 Å². The number of benzene rings is 1. The summed E-state index contributed by atoms with van der Waals surface area (Å²) in [7, 11) is 0. The van der Waals surface area contributed by atoms with E-state index in [2.05, 4.69) is 34.3 Å². The number of carbonyl (C=O) groups excluding carboxylic acids is 1. The van der Waals surface area contributed by atoms with Crippen LogP contribution in [0.5, 0.6) is 5.75 Å². The van der Waals surface area contributed by atoms with Gasteiger partial charge in [-0.1, -0.05) is 25.6 Å². The van der Waals surface area contributed by atoms with Crippen molar-refractivity contribution in [3.05, 3.63) is 35.8 Å². The van der Waals surface area contributed by atoms with Crippen LogP contribution in [-0.2, 0) is 11.3 Å². The lowest BCUT2D eigenvalue weighted by Gasteiger charge is -2.10. The van der Waals surface area contributed by atoms with Gasteiger partial charge in [-0.3, -0.25) is 4.79 Å². The molecule has 7 nitrogen and oxygen atoms in total. The Hall–Kier alpha value is -2.39. The SMILES string of the molecule is CCn1c(SCC(=O)Nc2nccs2)nnc1-c1ccc(OCC(C)C)cc1. The van der Waals surface area contributed by atoms with Gasteiger partial charge in [0.05, 0.1) is 12.4 Å². The van der Waals surface area contributed by atoms with Gasteiger partial charge in [0.1, 0.15) is 5.75 Å². The van der Waals surface area contributed by atoms with Crippen LogP contribution in [0.4, 0.5) is 5.13 Å². The molecule has 1 N–H and O–H groups in total. The molecule has 0 radical (unpaired) electrons. The number of rotatable bonds is 9. The molecule has 2 heterocycles. The van der Waals surface area contributed by atoms with Crippen LogP contribution < -0.4 is 10.1 Å². The molecule has 0 aliphatic rings. The topological polar surface area (TPSA) is 81.9 Å². The minimum Gasteiger partial charge on any atom is -0.493 e. The number of nitrogens with zero attached hydrogens (tertiary/aromatic N) is 4. The second-order valence-corrected chi connectivity index (χ2v) is 8.29. The lowest BCUT2D eigenvalue weighted by atomic mass is 10.2. The summed E-state index contributed by atoms with van der Waals surface area (Å²) in [6, 6.07) is 7.85. The number of hydrogen-bond donors (Lipinski definition) is 1. The molecule has 3 rings (SSSR count). The molecule has 3 aromatic rings. The number of thioether (sulfide) groups is 1. The fourth-order valence-electron chi connectivity index (χ4n) is 2.43. The number of ether oxygens (including phenoxy) is 1. The maximum atomic E-state index is 12.1. The standard InChI is InChI=1S/C19H23N5O2S2/c1-4-24-17(14-5-7-15(8-6-14)26-11-13(2)3)22-23-19(24)28-12-16(25)21-18-20-9-10-27-18/h5-10,13H,4,11-12H2,1-3H3,(H,20,21,25). The Morgan fingerprint density at radius 1 is 1.29 bits per heavy atom. The number of anilines is 1. The van der Waals surface area contributed by atoms with Gasteiger partial charge in [-0.25, -0.2) is 4.98 Å². The fourth-order valence-corrected chi connectivity index (χ4v) is 3.78. The van der Waals surface area contributed by atoms with Crippen LogP contribution in [0.25, 0.3) is 11.4 Å². The van der Waals surface area contributed by atoms with Crippen molar-refractivity contribution in [2.24, 2.45) is 5.92 Å². The molecule has 2 aromatic heterocycles. The smallest absolute Gasteiger partial charge is 0.236 e. The molecule has 1 aromatic carbocycles. The maximum absolute atomic E-state index is 12.1. The van der Waals surface area contributed by atoms with Crippen LogP contribution in [0.1, 0.15) is 20.8 Å². The molecule has 9 heteroatoms. The van der Waals surface area contributed by atoms with Crippen molar-refractivity contribution in [3.8, 4) is 17.1 Å². The number of hydrogen-bond acceptors (Lipinski definition) is 7. The normalized spacial score (nSPS) is 11.0. The molecular weight excluding hydrogens is 394 g/mol. The van der Waals surface area contributed by atoms with Gasteiger partial charge in [0.15, 0.2) is 16.1 Å². The van der Waals surface area contributed by atoms with Crippen LogP contribution >= 0.6 is 23.1 Å². The van der Waals surface area contributed by atoms with Gasteiger partial charge in [0.25, 0.3) is 0 Å². The zero-order chi connectivity index (χ0) is 19.9. The third-order valence-corrected chi connectivity index (χ3v) is 5.40. The minimum atomic E-state index is -0.112. The zero-order valence-electron chi connectivity index (χ0n) is 16.1. The third-order valence-electron chi connectivity index (χ3n) is 3.74. The van der Waals surface area contributed by atoms with E-state index >= 15 is 0 Å². The number of amides is 1. The maximum Gasteiger partial charge on any atom is 0.236 e. The quantitative estimate of drug-likeness (QED) is 0.526. The summed E-state index contributed by atoms with van der Waals surface area (Å²) >= 11 is 2.75. The third kappa shape index (κ3) is 5.32. The summed E-state index contributed by atoms with van der Waals surface area (Å²) in [6.07, 6.45) is 1.66. The van der Waals surface area contributed by atoms with E-state index in [-0.39, 0.29) is 11.7 Å². The van der Waals surface area contributed by atoms with E-state index in [1.165, 1.54) is 23.1 Å². The van der Waals surface area contributed by atoms with Crippen molar-refractivity contribution in [3.63, 3.8) is 0 Å². The van der Waals surface area contributed by atoms with Gasteiger partial charge in [-0.05, 0) is 37.1 Å². The average Bonchev–Trinajstić information content (AvgIpc) is 3.34. The summed E-state index contributed by atoms with van der Waals surface area (Å²) in [4.78, 5) is 16.1. The van der Waals surface area contributed by atoms with E-state index in [0.29, 0.717) is 29.4 Å². The number of aromatic nitrogens is 4. The Kier molecular flexibility index (Phi) is 7.05. The first-order valence-electron chi connectivity index (χ1n) is 9.05.